The van der Waals surface area contributed by atoms with Gasteiger partial charge in [-0.15, -0.1) is 0 Å². The highest BCUT2D eigenvalue weighted by Gasteiger charge is 2.29. The molecular weight excluding hydrogens is 231 g/mol. The van der Waals surface area contributed by atoms with Crippen molar-refractivity contribution in [3.63, 3.8) is 0 Å². The first kappa shape index (κ1) is 12.1. The average molecular weight is 240 g/mol. The van der Waals surface area contributed by atoms with Crippen molar-refractivity contribution in [3.8, 4) is 5.88 Å². The molecule has 0 saturated carbocycles. The summed E-state index contributed by atoms with van der Waals surface area (Å²) in [4.78, 5) is 3.70. The lowest BCUT2D eigenvalue weighted by atomic mass is 10.2. The van der Waals surface area contributed by atoms with Crippen LogP contribution in [0.1, 0.15) is 12.5 Å². The van der Waals surface area contributed by atoms with Crippen molar-refractivity contribution in [1.82, 2.24) is 4.98 Å². The van der Waals surface area contributed by atoms with Crippen LogP contribution in [0.5, 0.6) is 5.88 Å². The lowest BCUT2D eigenvalue weighted by molar-refractivity contribution is -0.154. The number of nitrogens with zero attached hydrogens (tertiary/aromatic N) is 1. The van der Waals surface area contributed by atoms with Gasteiger partial charge in [-0.3, -0.25) is 0 Å². The Balaban J connectivity index is 2.70. The second-order valence-electron chi connectivity index (χ2n) is 2.89. The van der Waals surface area contributed by atoms with Gasteiger partial charge in [-0.25, -0.2) is 4.98 Å². The molecule has 0 fully saturated rings. The summed E-state index contributed by atoms with van der Waals surface area (Å²) in [7, 11) is 0. The second kappa shape index (κ2) is 4.70. The number of halogens is 4. The summed E-state index contributed by atoms with van der Waals surface area (Å²) in [5.74, 6) is -0.189. The SMILES string of the molecule is CCc1cnc(OCC(F)(F)F)c(Cl)c1. The van der Waals surface area contributed by atoms with Crippen molar-refractivity contribution in [2.24, 2.45) is 0 Å². The molecule has 6 heteroatoms. The number of aryl methyl sites for hydroxylation is 1. The van der Waals surface area contributed by atoms with E-state index in [1.807, 2.05) is 6.92 Å². The molecule has 1 aromatic rings. The van der Waals surface area contributed by atoms with Crippen LogP contribution in [0.15, 0.2) is 12.3 Å². The van der Waals surface area contributed by atoms with Crippen molar-refractivity contribution < 1.29 is 17.9 Å². The van der Waals surface area contributed by atoms with Crippen LogP contribution in [0, 0.1) is 0 Å². The molecule has 0 saturated heterocycles. The molecule has 0 N–H and O–H groups in total. The molecule has 0 atom stereocenters. The third-order valence-electron chi connectivity index (χ3n) is 1.64. The van der Waals surface area contributed by atoms with E-state index in [9.17, 15) is 13.2 Å². The van der Waals surface area contributed by atoms with Crippen LogP contribution in [0.2, 0.25) is 5.02 Å². The first-order valence-corrected chi connectivity index (χ1v) is 4.64. The molecule has 0 aliphatic heterocycles. The Morgan fingerprint density at radius 1 is 1.47 bits per heavy atom. The molecule has 0 aliphatic rings. The fourth-order valence-electron chi connectivity index (χ4n) is 0.915. The Morgan fingerprint density at radius 2 is 2.13 bits per heavy atom. The van der Waals surface area contributed by atoms with Gasteiger partial charge < -0.3 is 4.74 Å². The first-order chi connectivity index (χ1) is 6.92. The predicted molar refractivity (Wildman–Crippen MR) is 50.2 cm³/mol. The number of ether oxygens (including phenoxy) is 1. The monoisotopic (exact) mass is 239 g/mol. The molecule has 84 valence electrons. The summed E-state index contributed by atoms with van der Waals surface area (Å²) < 4.78 is 39.9. The van der Waals surface area contributed by atoms with Crippen LogP contribution in [0.4, 0.5) is 13.2 Å². The molecular formula is C9H9ClF3NO. The van der Waals surface area contributed by atoms with E-state index in [1.165, 1.54) is 6.20 Å². The van der Waals surface area contributed by atoms with Crippen LogP contribution in [0.3, 0.4) is 0 Å². The lowest BCUT2D eigenvalue weighted by Crippen LogP contribution is -2.19. The maximum Gasteiger partial charge on any atom is 0.422 e. The van der Waals surface area contributed by atoms with Gasteiger partial charge in [-0.1, -0.05) is 18.5 Å². The molecule has 0 aromatic carbocycles. The standard InChI is InChI=1S/C9H9ClF3NO/c1-2-6-3-7(10)8(14-4-6)15-5-9(11,12)13/h3-4H,2,5H2,1H3. The van der Waals surface area contributed by atoms with E-state index < -0.39 is 12.8 Å². The lowest BCUT2D eigenvalue weighted by Gasteiger charge is -2.09. The number of hydrogen-bond donors (Lipinski definition) is 0. The smallest absolute Gasteiger partial charge is 0.422 e. The second-order valence-corrected chi connectivity index (χ2v) is 3.30. The van der Waals surface area contributed by atoms with Gasteiger partial charge in [-0.2, -0.15) is 13.2 Å². The quantitative estimate of drug-likeness (QED) is 0.808. The van der Waals surface area contributed by atoms with Crippen LogP contribution in [0.25, 0.3) is 0 Å². The molecule has 1 aromatic heterocycles. The van der Waals surface area contributed by atoms with E-state index in [4.69, 9.17) is 11.6 Å². The summed E-state index contributed by atoms with van der Waals surface area (Å²) in [5.41, 5.74) is 0.847. The minimum atomic E-state index is -4.38. The zero-order valence-electron chi connectivity index (χ0n) is 7.94. The fraction of sp³-hybridized carbons (Fsp3) is 0.444. The van der Waals surface area contributed by atoms with Gasteiger partial charge in [0.2, 0.25) is 5.88 Å². The van der Waals surface area contributed by atoms with E-state index >= 15 is 0 Å². The molecule has 0 radical (unpaired) electrons. The number of alkyl halides is 3. The zero-order valence-corrected chi connectivity index (χ0v) is 8.69. The van der Waals surface area contributed by atoms with E-state index in [0.29, 0.717) is 6.42 Å². The van der Waals surface area contributed by atoms with Crippen LogP contribution in [-0.4, -0.2) is 17.8 Å². The molecule has 0 unspecified atom stereocenters. The Kier molecular flexibility index (Phi) is 3.79. The third kappa shape index (κ3) is 3.95. The minimum absolute atomic E-state index is 0.0959. The topological polar surface area (TPSA) is 22.1 Å². The Hall–Kier alpha value is -0.970. The van der Waals surface area contributed by atoms with Gasteiger partial charge in [0.15, 0.2) is 6.61 Å². The van der Waals surface area contributed by atoms with Crippen LogP contribution >= 0.6 is 11.6 Å². The molecule has 0 aliphatic carbocycles. The van der Waals surface area contributed by atoms with Crippen molar-refractivity contribution >= 4 is 11.6 Å². The number of rotatable bonds is 3. The summed E-state index contributed by atoms with van der Waals surface area (Å²) in [6.07, 6.45) is -2.22. The normalized spacial score (nSPS) is 11.5. The van der Waals surface area contributed by atoms with Gasteiger partial charge in [0.25, 0.3) is 0 Å². The summed E-state index contributed by atoms with van der Waals surface area (Å²) in [6.45, 7) is 0.509. The van der Waals surface area contributed by atoms with Crippen LogP contribution < -0.4 is 4.74 Å². The van der Waals surface area contributed by atoms with Crippen molar-refractivity contribution in [2.45, 2.75) is 19.5 Å². The fourth-order valence-corrected chi connectivity index (χ4v) is 1.16. The Labute approximate surface area is 90.0 Å². The number of aromatic nitrogens is 1. The zero-order chi connectivity index (χ0) is 11.5. The van der Waals surface area contributed by atoms with E-state index in [0.717, 1.165) is 5.56 Å². The molecule has 2 nitrogen and oxygen atoms in total. The van der Waals surface area contributed by atoms with Crippen LogP contribution in [-0.2, 0) is 6.42 Å². The highest BCUT2D eigenvalue weighted by atomic mass is 35.5. The maximum absolute atomic E-state index is 11.8. The van der Waals surface area contributed by atoms with Gasteiger partial charge in [0.1, 0.15) is 5.02 Å². The van der Waals surface area contributed by atoms with Gasteiger partial charge in [0.05, 0.1) is 0 Å². The molecule has 1 rings (SSSR count). The van der Waals surface area contributed by atoms with E-state index in [2.05, 4.69) is 9.72 Å². The van der Waals surface area contributed by atoms with E-state index in [1.54, 1.807) is 6.07 Å². The maximum atomic E-state index is 11.8. The van der Waals surface area contributed by atoms with Gasteiger partial charge >= 0.3 is 6.18 Å². The average Bonchev–Trinajstić information content (AvgIpc) is 2.14. The molecule has 0 spiro atoms. The number of hydrogen-bond acceptors (Lipinski definition) is 2. The molecule has 0 bridgehead atoms. The molecule has 0 amide bonds. The predicted octanol–water partition coefficient (Wildman–Crippen LogP) is 3.24. The van der Waals surface area contributed by atoms with Crippen molar-refractivity contribution in [3.05, 3.63) is 22.8 Å². The van der Waals surface area contributed by atoms with Gasteiger partial charge in [-0.05, 0) is 18.1 Å². The summed E-state index contributed by atoms with van der Waals surface area (Å²) in [5, 5.41) is 0.0959. The first-order valence-electron chi connectivity index (χ1n) is 4.26. The summed E-state index contributed by atoms with van der Waals surface area (Å²) in [6, 6.07) is 1.54. The van der Waals surface area contributed by atoms with E-state index in [-0.39, 0.29) is 10.9 Å². The third-order valence-corrected chi connectivity index (χ3v) is 1.92. The molecule has 1 heterocycles. The highest BCUT2D eigenvalue weighted by molar-refractivity contribution is 6.31. The Morgan fingerprint density at radius 3 is 2.60 bits per heavy atom. The summed E-state index contributed by atoms with van der Waals surface area (Å²) >= 11 is 5.68. The van der Waals surface area contributed by atoms with Crippen molar-refractivity contribution in [2.75, 3.05) is 6.61 Å². The number of pyridine rings is 1. The highest BCUT2D eigenvalue weighted by Crippen LogP contribution is 2.24. The Bertz CT molecular complexity index is 341. The minimum Gasteiger partial charge on any atom is -0.467 e. The molecule has 15 heavy (non-hydrogen) atoms. The largest absolute Gasteiger partial charge is 0.467 e. The van der Waals surface area contributed by atoms with Gasteiger partial charge in [0, 0.05) is 6.20 Å². The van der Waals surface area contributed by atoms with Crippen molar-refractivity contribution in [1.29, 1.82) is 0 Å².